The van der Waals surface area contributed by atoms with Crippen LogP contribution in [-0.4, -0.2) is 45.0 Å². The highest BCUT2D eigenvalue weighted by Crippen LogP contribution is 2.18. The Balaban J connectivity index is 3.72. The van der Waals surface area contributed by atoms with Crippen LogP contribution in [0.15, 0.2) is 0 Å². The van der Waals surface area contributed by atoms with Gasteiger partial charge in [-0.05, 0) is 18.8 Å². The van der Waals surface area contributed by atoms with E-state index in [1.807, 2.05) is 20.8 Å². The minimum atomic E-state index is -3.17. The number of aliphatic hydroxyl groups excluding tert-OH is 1. The quantitative estimate of drug-likeness (QED) is 0.553. The van der Waals surface area contributed by atoms with Crippen LogP contribution in [0.1, 0.15) is 34.1 Å². The molecule has 6 heteroatoms. The first-order valence-electron chi connectivity index (χ1n) is 5.98. The lowest BCUT2D eigenvalue weighted by Crippen LogP contribution is -2.36. The molecular formula is C11H26N2O3S. The molecule has 0 aliphatic heterocycles. The Hall–Kier alpha value is -0.170. The second-order valence-electron chi connectivity index (χ2n) is 5.58. The van der Waals surface area contributed by atoms with E-state index in [-0.39, 0.29) is 11.2 Å². The van der Waals surface area contributed by atoms with Crippen molar-refractivity contribution in [2.24, 2.45) is 5.41 Å². The Morgan fingerprint density at radius 3 is 2.29 bits per heavy atom. The molecule has 0 saturated carbocycles. The van der Waals surface area contributed by atoms with E-state index in [4.69, 9.17) is 5.11 Å². The van der Waals surface area contributed by atoms with Crippen molar-refractivity contribution < 1.29 is 13.5 Å². The summed E-state index contributed by atoms with van der Waals surface area (Å²) in [5.41, 5.74) is 0.0271. The molecule has 0 amide bonds. The smallest absolute Gasteiger partial charge is 0.211 e. The Morgan fingerprint density at radius 2 is 1.82 bits per heavy atom. The lowest BCUT2D eigenvalue weighted by atomic mass is 9.94. The minimum Gasteiger partial charge on any atom is -0.392 e. The van der Waals surface area contributed by atoms with Gasteiger partial charge >= 0.3 is 0 Å². The van der Waals surface area contributed by atoms with Crippen molar-refractivity contribution in [2.75, 3.05) is 25.4 Å². The Bertz CT molecular complexity index is 294. The molecule has 0 spiro atoms. The fraction of sp³-hybridized carbons (Fsp3) is 1.00. The maximum Gasteiger partial charge on any atom is 0.211 e. The monoisotopic (exact) mass is 266 g/mol. The summed E-state index contributed by atoms with van der Waals surface area (Å²) in [6.45, 7) is 9.11. The third-order valence-electron chi connectivity index (χ3n) is 2.18. The third-order valence-corrected chi connectivity index (χ3v) is 3.57. The number of nitrogens with one attached hydrogen (secondary N) is 2. The first kappa shape index (κ1) is 16.8. The van der Waals surface area contributed by atoms with Crippen molar-refractivity contribution in [3.8, 4) is 0 Å². The first-order valence-corrected chi connectivity index (χ1v) is 7.64. The molecule has 5 nitrogen and oxygen atoms in total. The number of sulfonamides is 1. The molecule has 17 heavy (non-hydrogen) atoms. The summed E-state index contributed by atoms with van der Waals surface area (Å²) in [5, 5.41) is 11.9. The summed E-state index contributed by atoms with van der Waals surface area (Å²) in [6.07, 6.45) is 0.233. The molecular weight excluding hydrogens is 240 g/mol. The molecule has 1 atom stereocenters. The Kier molecular flexibility index (Phi) is 7.23. The standard InChI is InChI=1S/C11H26N2O3S/c1-10(14)9-12-6-7-13-17(15,16)8-5-11(2,3)4/h10,12-14H,5-9H2,1-4H3. The summed E-state index contributed by atoms with van der Waals surface area (Å²) in [5.74, 6) is 0.160. The van der Waals surface area contributed by atoms with Crippen LogP contribution in [0.3, 0.4) is 0 Å². The van der Waals surface area contributed by atoms with Crippen LogP contribution >= 0.6 is 0 Å². The molecule has 0 saturated heterocycles. The van der Waals surface area contributed by atoms with Gasteiger partial charge in [-0.15, -0.1) is 0 Å². The molecule has 104 valence electrons. The minimum absolute atomic E-state index is 0.0271. The zero-order chi connectivity index (χ0) is 13.5. The second kappa shape index (κ2) is 7.31. The van der Waals surface area contributed by atoms with Gasteiger partial charge in [0.2, 0.25) is 10.0 Å². The van der Waals surface area contributed by atoms with Gasteiger partial charge in [0.15, 0.2) is 0 Å². The number of hydrogen-bond donors (Lipinski definition) is 3. The van der Waals surface area contributed by atoms with Crippen LogP contribution in [0, 0.1) is 5.41 Å². The van der Waals surface area contributed by atoms with Crippen molar-refractivity contribution in [3.05, 3.63) is 0 Å². The molecule has 0 aromatic heterocycles. The lowest BCUT2D eigenvalue weighted by Gasteiger charge is -2.18. The van der Waals surface area contributed by atoms with Gasteiger partial charge in [-0.2, -0.15) is 0 Å². The van der Waals surface area contributed by atoms with Crippen molar-refractivity contribution >= 4 is 10.0 Å². The van der Waals surface area contributed by atoms with Crippen molar-refractivity contribution in [1.29, 1.82) is 0 Å². The van der Waals surface area contributed by atoms with E-state index in [9.17, 15) is 8.42 Å². The van der Waals surface area contributed by atoms with Gasteiger partial charge in [-0.3, -0.25) is 0 Å². The second-order valence-corrected chi connectivity index (χ2v) is 7.50. The highest BCUT2D eigenvalue weighted by Gasteiger charge is 2.16. The molecule has 1 unspecified atom stereocenters. The van der Waals surface area contributed by atoms with Crippen LogP contribution in [0.25, 0.3) is 0 Å². The number of rotatable bonds is 8. The van der Waals surface area contributed by atoms with Crippen molar-refractivity contribution in [2.45, 2.75) is 40.2 Å². The Morgan fingerprint density at radius 1 is 1.24 bits per heavy atom. The average Bonchev–Trinajstić information content (AvgIpc) is 2.13. The third kappa shape index (κ3) is 12.1. The summed E-state index contributed by atoms with van der Waals surface area (Å²) < 4.78 is 25.7. The summed E-state index contributed by atoms with van der Waals surface area (Å²) in [6, 6.07) is 0. The lowest BCUT2D eigenvalue weighted by molar-refractivity contribution is 0.192. The number of hydrogen-bond acceptors (Lipinski definition) is 4. The fourth-order valence-electron chi connectivity index (χ4n) is 1.12. The van der Waals surface area contributed by atoms with E-state index in [0.717, 1.165) is 0 Å². The van der Waals surface area contributed by atoms with Gasteiger partial charge < -0.3 is 10.4 Å². The van der Waals surface area contributed by atoms with E-state index in [1.165, 1.54) is 0 Å². The number of aliphatic hydroxyl groups is 1. The molecule has 0 fully saturated rings. The molecule has 0 bridgehead atoms. The van der Waals surface area contributed by atoms with Crippen molar-refractivity contribution in [3.63, 3.8) is 0 Å². The van der Waals surface area contributed by atoms with Crippen LogP contribution in [0.4, 0.5) is 0 Å². The van der Waals surface area contributed by atoms with E-state index in [0.29, 0.717) is 26.1 Å². The van der Waals surface area contributed by atoms with E-state index >= 15 is 0 Å². The van der Waals surface area contributed by atoms with Gasteiger partial charge in [0.05, 0.1) is 11.9 Å². The maximum atomic E-state index is 11.6. The van der Waals surface area contributed by atoms with Crippen molar-refractivity contribution in [1.82, 2.24) is 10.0 Å². The zero-order valence-electron chi connectivity index (χ0n) is 11.3. The van der Waals surface area contributed by atoms with E-state index in [1.54, 1.807) is 6.92 Å². The van der Waals surface area contributed by atoms with Gasteiger partial charge in [0.25, 0.3) is 0 Å². The molecule has 0 aliphatic rings. The normalized spacial score (nSPS) is 14.9. The zero-order valence-corrected chi connectivity index (χ0v) is 12.1. The summed E-state index contributed by atoms with van der Waals surface area (Å²) in [7, 11) is -3.17. The fourth-order valence-corrected chi connectivity index (χ4v) is 2.56. The maximum absolute atomic E-state index is 11.6. The van der Waals surface area contributed by atoms with Crippen LogP contribution in [-0.2, 0) is 10.0 Å². The largest absolute Gasteiger partial charge is 0.392 e. The highest BCUT2D eigenvalue weighted by atomic mass is 32.2. The topological polar surface area (TPSA) is 78.4 Å². The van der Waals surface area contributed by atoms with Gasteiger partial charge in [0.1, 0.15) is 0 Å². The average molecular weight is 266 g/mol. The molecule has 0 aromatic carbocycles. The molecule has 0 aromatic rings. The van der Waals surface area contributed by atoms with Gasteiger partial charge in [-0.1, -0.05) is 20.8 Å². The Labute approximate surface area is 105 Å². The predicted octanol–water partition coefficient (Wildman–Crippen LogP) is 0.312. The van der Waals surface area contributed by atoms with Gasteiger partial charge in [0, 0.05) is 19.6 Å². The molecule has 0 radical (unpaired) electrons. The van der Waals surface area contributed by atoms with Crippen LogP contribution in [0.2, 0.25) is 0 Å². The SMILES string of the molecule is CC(O)CNCCNS(=O)(=O)CCC(C)(C)C. The summed E-state index contributed by atoms with van der Waals surface area (Å²) >= 11 is 0. The summed E-state index contributed by atoms with van der Waals surface area (Å²) in [4.78, 5) is 0. The molecule has 0 heterocycles. The highest BCUT2D eigenvalue weighted by molar-refractivity contribution is 7.89. The van der Waals surface area contributed by atoms with E-state index < -0.39 is 16.1 Å². The van der Waals surface area contributed by atoms with Gasteiger partial charge in [-0.25, -0.2) is 13.1 Å². The van der Waals surface area contributed by atoms with E-state index in [2.05, 4.69) is 10.0 Å². The predicted molar refractivity (Wildman–Crippen MR) is 70.4 cm³/mol. The first-order chi connectivity index (χ1) is 7.62. The molecule has 0 rings (SSSR count). The molecule has 3 N–H and O–H groups in total. The van der Waals surface area contributed by atoms with Crippen LogP contribution < -0.4 is 10.0 Å². The molecule has 0 aliphatic carbocycles. The van der Waals surface area contributed by atoms with Crippen LogP contribution in [0.5, 0.6) is 0 Å².